The molecule has 3 rings (SSSR count). The topological polar surface area (TPSA) is 66.0 Å². The second-order valence-electron chi connectivity index (χ2n) is 7.09. The molecule has 0 spiro atoms. The molecule has 2 aromatic rings. The molecule has 1 aliphatic heterocycles. The molecule has 0 atom stereocenters. The maximum Gasteiger partial charge on any atom is 0.254 e. The molecular formula is C23H30FIN4O2. The van der Waals surface area contributed by atoms with E-state index >= 15 is 0 Å². The van der Waals surface area contributed by atoms with Crippen LogP contribution in [0, 0.1) is 5.82 Å². The van der Waals surface area contributed by atoms with Crippen molar-refractivity contribution in [2.45, 2.75) is 25.9 Å². The zero-order valence-corrected chi connectivity index (χ0v) is 20.1. The molecule has 1 fully saturated rings. The molecule has 0 aliphatic carbocycles. The van der Waals surface area contributed by atoms with E-state index in [4.69, 9.17) is 4.74 Å². The van der Waals surface area contributed by atoms with Gasteiger partial charge in [-0.05, 0) is 31.2 Å². The molecule has 168 valence electrons. The number of amides is 1. The highest BCUT2D eigenvalue weighted by Gasteiger charge is 2.22. The molecule has 8 heteroatoms. The second-order valence-corrected chi connectivity index (χ2v) is 7.09. The molecule has 6 nitrogen and oxygen atoms in total. The molecule has 0 radical (unpaired) electrons. The third kappa shape index (κ3) is 7.68. The van der Waals surface area contributed by atoms with Crippen LogP contribution in [-0.2, 0) is 0 Å². The Kier molecular flexibility index (Phi) is 10.6. The fourth-order valence-electron chi connectivity index (χ4n) is 3.37. The van der Waals surface area contributed by atoms with Crippen LogP contribution >= 0.6 is 24.0 Å². The van der Waals surface area contributed by atoms with Gasteiger partial charge in [-0.3, -0.25) is 9.79 Å². The first-order valence-electron chi connectivity index (χ1n) is 10.4. The van der Waals surface area contributed by atoms with Gasteiger partial charge in [-0.2, -0.15) is 0 Å². The minimum absolute atomic E-state index is 0. The van der Waals surface area contributed by atoms with Crippen molar-refractivity contribution in [3.05, 3.63) is 66.0 Å². The number of carbonyl (C=O) groups excluding carboxylic acids is 1. The SMILES string of the molecule is CCNC(=NCCNC(=O)c1ccccc1F)N1CCC(Oc2ccccc2)CC1.I. The van der Waals surface area contributed by atoms with Crippen LogP contribution in [0.2, 0.25) is 0 Å². The van der Waals surface area contributed by atoms with Crippen molar-refractivity contribution < 1.29 is 13.9 Å². The van der Waals surface area contributed by atoms with Gasteiger partial charge in [0.2, 0.25) is 0 Å². The summed E-state index contributed by atoms with van der Waals surface area (Å²) in [5.74, 6) is 0.789. The number of likely N-dealkylation sites (tertiary alicyclic amines) is 1. The van der Waals surface area contributed by atoms with Crippen molar-refractivity contribution in [3.63, 3.8) is 0 Å². The van der Waals surface area contributed by atoms with Crippen LogP contribution in [0.4, 0.5) is 4.39 Å². The Labute approximate surface area is 200 Å². The highest BCUT2D eigenvalue weighted by atomic mass is 127. The molecule has 0 saturated carbocycles. The lowest BCUT2D eigenvalue weighted by atomic mass is 10.1. The van der Waals surface area contributed by atoms with Crippen molar-refractivity contribution in [2.75, 3.05) is 32.7 Å². The maximum absolute atomic E-state index is 13.7. The maximum atomic E-state index is 13.7. The van der Waals surface area contributed by atoms with Crippen molar-refractivity contribution in [2.24, 2.45) is 4.99 Å². The molecule has 1 heterocycles. The number of aliphatic imine (C=N–C) groups is 1. The number of hydrogen-bond donors (Lipinski definition) is 2. The Bertz CT molecular complexity index is 842. The molecule has 0 unspecified atom stereocenters. The Balaban J connectivity index is 0.00000341. The van der Waals surface area contributed by atoms with E-state index in [9.17, 15) is 9.18 Å². The molecular weight excluding hydrogens is 510 g/mol. The molecule has 1 aliphatic rings. The van der Waals surface area contributed by atoms with E-state index in [2.05, 4.69) is 20.5 Å². The highest BCUT2D eigenvalue weighted by Crippen LogP contribution is 2.18. The summed E-state index contributed by atoms with van der Waals surface area (Å²) in [6.45, 7) is 5.26. The lowest BCUT2D eigenvalue weighted by Crippen LogP contribution is -2.47. The van der Waals surface area contributed by atoms with Gasteiger partial charge in [-0.15, -0.1) is 24.0 Å². The van der Waals surface area contributed by atoms with Gasteiger partial charge in [0.05, 0.1) is 12.1 Å². The number of nitrogens with one attached hydrogen (secondary N) is 2. The zero-order chi connectivity index (χ0) is 21.2. The smallest absolute Gasteiger partial charge is 0.254 e. The molecule has 0 aromatic heterocycles. The molecule has 31 heavy (non-hydrogen) atoms. The summed E-state index contributed by atoms with van der Waals surface area (Å²) in [4.78, 5) is 18.9. The lowest BCUT2D eigenvalue weighted by Gasteiger charge is -2.34. The minimum atomic E-state index is -0.521. The molecule has 2 aromatic carbocycles. The van der Waals surface area contributed by atoms with Crippen LogP contribution in [0.3, 0.4) is 0 Å². The van der Waals surface area contributed by atoms with Crippen LogP contribution in [0.25, 0.3) is 0 Å². The van der Waals surface area contributed by atoms with Crippen LogP contribution < -0.4 is 15.4 Å². The summed E-state index contributed by atoms with van der Waals surface area (Å²) >= 11 is 0. The molecule has 1 amide bonds. The number of benzene rings is 2. The Hall–Kier alpha value is -2.36. The largest absolute Gasteiger partial charge is 0.490 e. The normalized spacial score (nSPS) is 14.5. The predicted octanol–water partition coefficient (Wildman–Crippen LogP) is 3.68. The van der Waals surface area contributed by atoms with E-state index in [0.717, 1.165) is 44.2 Å². The Morgan fingerprint density at radius 1 is 1.10 bits per heavy atom. The number of halogens is 2. The average molecular weight is 540 g/mol. The summed E-state index contributed by atoms with van der Waals surface area (Å²) < 4.78 is 19.7. The first kappa shape index (κ1) is 24.9. The van der Waals surface area contributed by atoms with Gasteiger partial charge >= 0.3 is 0 Å². The van der Waals surface area contributed by atoms with Crippen LogP contribution in [0.15, 0.2) is 59.6 Å². The number of ether oxygens (including phenoxy) is 1. The summed E-state index contributed by atoms with van der Waals surface area (Å²) in [6.07, 6.45) is 2.04. The van der Waals surface area contributed by atoms with E-state index in [1.165, 1.54) is 12.1 Å². The van der Waals surface area contributed by atoms with E-state index in [1.54, 1.807) is 12.1 Å². The average Bonchev–Trinajstić information content (AvgIpc) is 2.77. The number of rotatable bonds is 7. The Morgan fingerprint density at radius 3 is 2.45 bits per heavy atom. The summed E-state index contributed by atoms with van der Waals surface area (Å²) in [6, 6.07) is 15.9. The van der Waals surface area contributed by atoms with Crippen molar-refractivity contribution in [1.29, 1.82) is 0 Å². The first-order chi connectivity index (χ1) is 14.7. The van der Waals surface area contributed by atoms with Crippen LogP contribution in [0.5, 0.6) is 5.75 Å². The summed E-state index contributed by atoms with van der Waals surface area (Å²) in [7, 11) is 0. The number of carbonyl (C=O) groups is 1. The van der Waals surface area contributed by atoms with Crippen molar-refractivity contribution in [3.8, 4) is 5.75 Å². The summed E-state index contributed by atoms with van der Waals surface area (Å²) in [5, 5.41) is 6.03. The van der Waals surface area contributed by atoms with Gasteiger partial charge in [0, 0.05) is 39.0 Å². The van der Waals surface area contributed by atoms with Gasteiger partial charge in [-0.25, -0.2) is 4.39 Å². The van der Waals surface area contributed by atoms with E-state index in [1.807, 2.05) is 37.3 Å². The van der Waals surface area contributed by atoms with Crippen LogP contribution in [-0.4, -0.2) is 55.6 Å². The molecule has 1 saturated heterocycles. The monoisotopic (exact) mass is 540 g/mol. The standard InChI is InChI=1S/C23H29FN4O2.HI/c1-2-25-23(27-15-14-26-22(29)20-10-6-7-11-21(20)24)28-16-12-19(13-17-28)30-18-8-4-3-5-9-18;/h3-11,19H,2,12-17H2,1H3,(H,25,27)(H,26,29);1H. The predicted molar refractivity (Wildman–Crippen MR) is 132 cm³/mol. The second kappa shape index (κ2) is 13.1. The number of piperidine rings is 1. The van der Waals surface area contributed by atoms with Gasteiger partial charge < -0.3 is 20.3 Å². The minimum Gasteiger partial charge on any atom is -0.490 e. The number of para-hydroxylation sites is 1. The fourth-order valence-corrected chi connectivity index (χ4v) is 3.37. The van der Waals surface area contributed by atoms with Gasteiger partial charge in [0.1, 0.15) is 17.7 Å². The molecule has 2 N–H and O–H groups in total. The fraction of sp³-hybridized carbons (Fsp3) is 0.391. The number of guanidine groups is 1. The van der Waals surface area contributed by atoms with Crippen molar-refractivity contribution in [1.82, 2.24) is 15.5 Å². The summed E-state index contributed by atoms with van der Waals surface area (Å²) in [5.41, 5.74) is 0.0499. The van der Waals surface area contributed by atoms with E-state index < -0.39 is 11.7 Å². The number of hydrogen-bond acceptors (Lipinski definition) is 3. The quantitative estimate of drug-likeness (QED) is 0.244. The van der Waals surface area contributed by atoms with Gasteiger partial charge in [0.15, 0.2) is 5.96 Å². The zero-order valence-electron chi connectivity index (χ0n) is 17.7. The van der Waals surface area contributed by atoms with E-state index in [0.29, 0.717) is 13.1 Å². The lowest BCUT2D eigenvalue weighted by molar-refractivity contribution is 0.0950. The van der Waals surface area contributed by atoms with Gasteiger partial charge in [0.25, 0.3) is 5.91 Å². The first-order valence-corrected chi connectivity index (χ1v) is 10.4. The molecule has 0 bridgehead atoms. The third-order valence-electron chi connectivity index (χ3n) is 4.90. The number of nitrogens with zero attached hydrogens (tertiary/aromatic N) is 2. The van der Waals surface area contributed by atoms with Gasteiger partial charge in [-0.1, -0.05) is 30.3 Å². The third-order valence-corrected chi connectivity index (χ3v) is 4.90. The van der Waals surface area contributed by atoms with Crippen LogP contribution in [0.1, 0.15) is 30.1 Å². The highest BCUT2D eigenvalue weighted by molar-refractivity contribution is 14.0. The Morgan fingerprint density at radius 2 is 1.77 bits per heavy atom. The van der Waals surface area contributed by atoms with E-state index in [-0.39, 0.29) is 35.6 Å². The van der Waals surface area contributed by atoms with Crippen molar-refractivity contribution >= 4 is 35.8 Å².